The maximum absolute atomic E-state index is 13.1. The fraction of sp³-hybridized carbons (Fsp3) is 0.190. The fourth-order valence-electron chi connectivity index (χ4n) is 3.21. The van der Waals surface area contributed by atoms with Crippen molar-refractivity contribution in [2.75, 3.05) is 7.11 Å². The average molecular weight is 377 g/mol. The molecule has 0 bridgehead atoms. The van der Waals surface area contributed by atoms with Gasteiger partial charge in [0.25, 0.3) is 11.5 Å². The summed E-state index contributed by atoms with van der Waals surface area (Å²) in [6.07, 6.45) is 1.37. The Morgan fingerprint density at radius 2 is 1.96 bits per heavy atom. The minimum Gasteiger partial charge on any atom is -0.497 e. The lowest BCUT2D eigenvalue weighted by Crippen LogP contribution is -2.27. The van der Waals surface area contributed by atoms with Gasteiger partial charge in [0.1, 0.15) is 18.1 Å². The molecule has 7 nitrogen and oxygen atoms in total. The summed E-state index contributed by atoms with van der Waals surface area (Å²) in [4.78, 5) is 33.4. The lowest BCUT2D eigenvalue weighted by molar-refractivity contribution is 0.0747. The van der Waals surface area contributed by atoms with E-state index in [1.54, 1.807) is 24.1 Å². The van der Waals surface area contributed by atoms with E-state index in [1.165, 1.54) is 6.33 Å². The van der Waals surface area contributed by atoms with E-state index in [4.69, 9.17) is 9.47 Å². The summed E-state index contributed by atoms with van der Waals surface area (Å²) in [6.45, 7) is 0.820. The molecule has 3 aromatic rings. The molecule has 1 amide bonds. The normalized spacial score (nSPS) is 12.5. The van der Waals surface area contributed by atoms with Crippen LogP contribution in [0.5, 0.6) is 11.5 Å². The number of rotatable bonds is 5. The molecule has 142 valence electrons. The maximum atomic E-state index is 13.1. The smallest absolute Gasteiger partial charge is 0.256 e. The number of aromatic amines is 1. The summed E-state index contributed by atoms with van der Waals surface area (Å²) in [5.74, 6) is 1.21. The summed E-state index contributed by atoms with van der Waals surface area (Å²) in [7, 11) is 1.60. The van der Waals surface area contributed by atoms with Gasteiger partial charge in [-0.05, 0) is 18.2 Å². The SMILES string of the molecule is COc1cccc(OCc2ccccc2C(=O)N2Cc3nc[nH]c(=O)c3C2)c1. The number of hydrogen-bond donors (Lipinski definition) is 1. The van der Waals surface area contributed by atoms with Crippen molar-refractivity contribution in [3.8, 4) is 11.5 Å². The van der Waals surface area contributed by atoms with E-state index >= 15 is 0 Å². The Labute approximate surface area is 161 Å². The number of fused-ring (bicyclic) bond motifs is 1. The quantitative estimate of drug-likeness (QED) is 0.739. The molecule has 0 fully saturated rings. The number of carbonyl (C=O) groups excluding carboxylic acids is 1. The van der Waals surface area contributed by atoms with Crippen molar-refractivity contribution in [1.82, 2.24) is 14.9 Å². The number of H-pyrrole nitrogens is 1. The number of nitrogens with zero attached hydrogens (tertiary/aromatic N) is 2. The van der Waals surface area contributed by atoms with Crippen molar-refractivity contribution in [1.29, 1.82) is 0 Å². The summed E-state index contributed by atoms with van der Waals surface area (Å²) >= 11 is 0. The largest absolute Gasteiger partial charge is 0.497 e. The predicted octanol–water partition coefficient (Wildman–Crippen LogP) is 2.51. The van der Waals surface area contributed by atoms with E-state index in [1.807, 2.05) is 36.4 Å². The van der Waals surface area contributed by atoms with Gasteiger partial charge in [0.05, 0.1) is 37.8 Å². The Balaban J connectivity index is 1.52. The van der Waals surface area contributed by atoms with Crippen LogP contribution in [-0.4, -0.2) is 27.9 Å². The Bertz CT molecular complexity index is 1080. The first kappa shape index (κ1) is 17.8. The van der Waals surface area contributed by atoms with Crippen LogP contribution in [0.1, 0.15) is 27.2 Å². The molecule has 1 aliphatic heterocycles. The van der Waals surface area contributed by atoms with Crippen LogP contribution in [0.25, 0.3) is 0 Å². The minimum absolute atomic E-state index is 0.151. The number of nitrogens with one attached hydrogen (secondary N) is 1. The van der Waals surface area contributed by atoms with E-state index < -0.39 is 0 Å². The van der Waals surface area contributed by atoms with E-state index in [2.05, 4.69) is 9.97 Å². The maximum Gasteiger partial charge on any atom is 0.256 e. The number of methoxy groups -OCH3 is 1. The first-order valence-corrected chi connectivity index (χ1v) is 8.85. The summed E-state index contributed by atoms with van der Waals surface area (Å²) < 4.78 is 11.1. The zero-order valence-corrected chi connectivity index (χ0v) is 15.3. The van der Waals surface area contributed by atoms with Gasteiger partial charge >= 0.3 is 0 Å². The number of amides is 1. The van der Waals surface area contributed by atoms with Crippen molar-refractivity contribution in [2.24, 2.45) is 0 Å². The minimum atomic E-state index is -0.199. The number of ether oxygens (including phenoxy) is 2. The van der Waals surface area contributed by atoms with Gasteiger partial charge in [-0.3, -0.25) is 9.59 Å². The van der Waals surface area contributed by atoms with Gasteiger partial charge in [-0.25, -0.2) is 4.98 Å². The Morgan fingerprint density at radius 1 is 1.14 bits per heavy atom. The van der Waals surface area contributed by atoms with E-state index in [-0.39, 0.29) is 24.6 Å². The van der Waals surface area contributed by atoms with Crippen LogP contribution in [0.2, 0.25) is 0 Å². The molecule has 0 atom stereocenters. The molecule has 1 aromatic heterocycles. The van der Waals surface area contributed by atoms with Gasteiger partial charge < -0.3 is 19.4 Å². The van der Waals surface area contributed by atoms with Crippen molar-refractivity contribution >= 4 is 5.91 Å². The monoisotopic (exact) mass is 377 g/mol. The van der Waals surface area contributed by atoms with Crippen molar-refractivity contribution in [2.45, 2.75) is 19.7 Å². The molecule has 2 heterocycles. The lowest BCUT2D eigenvalue weighted by atomic mass is 10.1. The van der Waals surface area contributed by atoms with Crippen LogP contribution in [0, 0.1) is 0 Å². The molecular weight excluding hydrogens is 358 g/mol. The third-order valence-electron chi connectivity index (χ3n) is 4.70. The van der Waals surface area contributed by atoms with Gasteiger partial charge in [-0.2, -0.15) is 0 Å². The van der Waals surface area contributed by atoms with Crippen LogP contribution < -0.4 is 15.0 Å². The Morgan fingerprint density at radius 3 is 2.79 bits per heavy atom. The van der Waals surface area contributed by atoms with Crippen molar-refractivity contribution in [3.63, 3.8) is 0 Å². The van der Waals surface area contributed by atoms with Crippen molar-refractivity contribution in [3.05, 3.63) is 87.6 Å². The predicted molar refractivity (Wildman–Crippen MR) is 102 cm³/mol. The van der Waals surface area contributed by atoms with Crippen LogP contribution in [0.4, 0.5) is 0 Å². The molecule has 0 spiro atoms. The highest BCUT2D eigenvalue weighted by Crippen LogP contribution is 2.23. The second kappa shape index (κ2) is 7.56. The first-order valence-electron chi connectivity index (χ1n) is 8.85. The molecule has 0 saturated carbocycles. The number of hydrogen-bond acceptors (Lipinski definition) is 5. The fourth-order valence-corrected chi connectivity index (χ4v) is 3.21. The Kier molecular flexibility index (Phi) is 4.80. The topological polar surface area (TPSA) is 84.5 Å². The standard InChI is InChI=1S/C21H19N3O4/c1-27-15-6-4-7-16(9-15)28-12-14-5-2-3-8-17(14)21(26)24-10-18-19(11-24)22-13-23-20(18)25/h2-9,13H,10-12H2,1H3,(H,22,23,25). The molecule has 0 aliphatic carbocycles. The van der Waals surface area contributed by atoms with E-state index in [9.17, 15) is 9.59 Å². The Hall–Kier alpha value is -3.61. The molecular formula is C21H19N3O4. The zero-order chi connectivity index (χ0) is 19.5. The molecule has 0 saturated heterocycles. The second-order valence-corrected chi connectivity index (χ2v) is 6.44. The van der Waals surface area contributed by atoms with Gasteiger partial charge in [0.15, 0.2) is 0 Å². The average Bonchev–Trinajstić information content (AvgIpc) is 3.18. The zero-order valence-electron chi connectivity index (χ0n) is 15.3. The van der Waals surface area contributed by atoms with Crippen LogP contribution >= 0.6 is 0 Å². The summed E-state index contributed by atoms with van der Waals surface area (Å²) in [5, 5.41) is 0. The van der Waals surface area contributed by atoms with Crippen LogP contribution in [-0.2, 0) is 19.7 Å². The molecule has 2 aromatic carbocycles. The molecule has 1 N–H and O–H groups in total. The lowest BCUT2D eigenvalue weighted by Gasteiger charge is -2.18. The molecule has 4 rings (SSSR count). The second-order valence-electron chi connectivity index (χ2n) is 6.44. The highest BCUT2D eigenvalue weighted by Gasteiger charge is 2.28. The summed E-state index contributed by atoms with van der Waals surface area (Å²) in [6, 6.07) is 14.6. The van der Waals surface area contributed by atoms with Gasteiger partial charge in [-0.1, -0.05) is 24.3 Å². The van der Waals surface area contributed by atoms with Gasteiger partial charge in [-0.15, -0.1) is 0 Å². The molecule has 0 radical (unpaired) electrons. The highest BCUT2D eigenvalue weighted by atomic mass is 16.5. The van der Waals surface area contributed by atoms with Gasteiger partial charge in [0, 0.05) is 17.2 Å². The molecule has 0 unspecified atom stereocenters. The molecule has 1 aliphatic rings. The molecule has 7 heteroatoms. The van der Waals surface area contributed by atoms with E-state index in [0.29, 0.717) is 34.9 Å². The first-order chi connectivity index (χ1) is 13.7. The van der Waals surface area contributed by atoms with Crippen LogP contribution in [0.15, 0.2) is 59.7 Å². The van der Waals surface area contributed by atoms with Gasteiger partial charge in [0.2, 0.25) is 0 Å². The summed E-state index contributed by atoms with van der Waals surface area (Å²) in [5.41, 5.74) is 2.31. The third kappa shape index (κ3) is 3.46. The number of carbonyl (C=O) groups is 1. The van der Waals surface area contributed by atoms with Crippen molar-refractivity contribution < 1.29 is 14.3 Å². The number of aromatic nitrogens is 2. The number of benzene rings is 2. The highest BCUT2D eigenvalue weighted by molar-refractivity contribution is 5.95. The third-order valence-corrected chi connectivity index (χ3v) is 4.70. The molecule has 28 heavy (non-hydrogen) atoms. The van der Waals surface area contributed by atoms with Crippen LogP contribution in [0.3, 0.4) is 0 Å². The van der Waals surface area contributed by atoms with E-state index in [0.717, 1.165) is 5.56 Å².